The molecular formula is C10H18O. The lowest BCUT2D eigenvalue weighted by Crippen LogP contribution is -2.04. The fourth-order valence-electron chi connectivity index (χ4n) is 1.79. The van der Waals surface area contributed by atoms with Gasteiger partial charge in [-0.15, -0.1) is 0 Å². The van der Waals surface area contributed by atoms with Crippen molar-refractivity contribution in [3.05, 3.63) is 12.2 Å². The van der Waals surface area contributed by atoms with Gasteiger partial charge >= 0.3 is 0 Å². The van der Waals surface area contributed by atoms with E-state index in [4.69, 9.17) is 5.11 Å². The lowest BCUT2D eigenvalue weighted by atomic mass is 9.87. The highest BCUT2D eigenvalue weighted by atomic mass is 16.2. The molecule has 0 unspecified atom stereocenters. The van der Waals surface area contributed by atoms with Crippen LogP contribution in [0.5, 0.6) is 0 Å². The minimum absolute atomic E-state index is 0.201. The Bertz CT molecular complexity index is 112. The van der Waals surface area contributed by atoms with Crippen LogP contribution in [0.1, 0.15) is 38.5 Å². The van der Waals surface area contributed by atoms with Crippen molar-refractivity contribution in [3.63, 3.8) is 0 Å². The molecule has 0 spiro atoms. The van der Waals surface area contributed by atoms with Crippen LogP contribution in [-0.4, -0.2) is 11.7 Å². The standard InChI is InChI=1S/C10H18O/c11-9-5-4-8-10-6-2-1-3-7-10/h4-5,10-11H,1-3,6-9H2. The summed E-state index contributed by atoms with van der Waals surface area (Å²) in [5, 5.41) is 8.51. The van der Waals surface area contributed by atoms with Gasteiger partial charge in [0.2, 0.25) is 0 Å². The van der Waals surface area contributed by atoms with Gasteiger partial charge in [0.05, 0.1) is 6.61 Å². The van der Waals surface area contributed by atoms with Crippen molar-refractivity contribution in [1.82, 2.24) is 0 Å². The van der Waals surface area contributed by atoms with E-state index in [-0.39, 0.29) is 6.61 Å². The summed E-state index contributed by atoms with van der Waals surface area (Å²) in [4.78, 5) is 0. The molecular weight excluding hydrogens is 136 g/mol. The molecule has 11 heavy (non-hydrogen) atoms. The summed E-state index contributed by atoms with van der Waals surface area (Å²) in [6.45, 7) is 0.201. The molecule has 1 nitrogen and oxygen atoms in total. The minimum Gasteiger partial charge on any atom is -0.392 e. The van der Waals surface area contributed by atoms with Crippen molar-refractivity contribution in [1.29, 1.82) is 0 Å². The molecule has 0 aromatic carbocycles. The Kier molecular flexibility index (Phi) is 4.29. The van der Waals surface area contributed by atoms with Gasteiger partial charge in [0.15, 0.2) is 0 Å². The first-order valence-electron chi connectivity index (χ1n) is 4.69. The third-order valence-corrected chi connectivity index (χ3v) is 2.47. The van der Waals surface area contributed by atoms with Gasteiger partial charge in [0, 0.05) is 0 Å². The van der Waals surface area contributed by atoms with E-state index < -0.39 is 0 Å². The summed E-state index contributed by atoms with van der Waals surface area (Å²) in [5.41, 5.74) is 0. The maximum Gasteiger partial charge on any atom is 0.0612 e. The summed E-state index contributed by atoms with van der Waals surface area (Å²) in [5.74, 6) is 0.909. The van der Waals surface area contributed by atoms with Crippen molar-refractivity contribution < 1.29 is 5.11 Å². The second kappa shape index (κ2) is 5.36. The largest absolute Gasteiger partial charge is 0.392 e. The lowest BCUT2D eigenvalue weighted by molar-refractivity contribution is 0.339. The number of aliphatic hydroxyl groups is 1. The van der Waals surface area contributed by atoms with E-state index in [2.05, 4.69) is 6.08 Å². The van der Waals surface area contributed by atoms with E-state index in [9.17, 15) is 0 Å². The molecule has 0 heterocycles. The summed E-state index contributed by atoms with van der Waals surface area (Å²) in [6, 6.07) is 0. The van der Waals surface area contributed by atoms with Crippen LogP contribution < -0.4 is 0 Å². The van der Waals surface area contributed by atoms with Gasteiger partial charge in [-0.1, -0.05) is 44.3 Å². The summed E-state index contributed by atoms with van der Waals surface area (Å²) < 4.78 is 0. The Morgan fingerprint density at radius 3 is 2.45 bits per heavy atom. The zero-order valence-corrected chi connectivity index (χ0v) is 7.13. The molecule has 0 radical (unpaired) electrons. The number of rotatable bonds is 3. The SMILES string of the molecule is OCC=CCC1CCCCC1. The normalized spacial score (nSPS) is 21.2. The number of hydrogen-bond acceptors (Lipinski definition) is 1. The van der Waals surface area contributed by atoms with Gasteiger partial charge in [-0.25, -0.2) is 0 Å². The van der Waals surface area contributed by atoms with E-state index >= 15 is 0 Å². The van der Waals surface area contributed by atoms with Crippen molar-refractivity contribution >= 4 is 0 Å². The van der Waals surface area contributed by atoms with Gasteiger partial charge in [0.1, 0.15) is 0 Å². The van der Waals surface area contributed by atoms with Gasteiger partial charge in [0.25, 0.3) is 0 Å². The van der Waals surface area contributed by atoms with Crippen molar-refractivity contribution in [2.45, 2.75) is 38.5 Å². The van der Waals surface area contributed by atoms with Crippen LogP contribution in [0.2, 0.25) is 0 Å². The molecule has 1 fully saturated rings. The van der Waals surface area contributed by atoms with Crippen LogP contribution in [-0.2, 0) is 0 Å². The van der Waals surface area contributed by atoms with Crippen LogP contribution >= 0.6 is 0 Å². The predicted molar refractivity (Wildman–Crippen MR) is 47.4 cm³/mol. The molecule has 0 amide bonds. The van der Waals surface area contributed by atoms with E-state index in [0.717, 1.165) is 5.92 Å². The van der Waals surface area contributed by atoms with Gasteiger partial charge in [-0.3, -0.25) is 0 Å². The molecule has 0 aliphatic heterocycles. The highest BCUT2D eigenvalue weighted by molar-refractivity contribution is 4.84. The molecule has 0 bridgehead atoms. The molecule has 1 aliphatic rings. The summed E-state index contributed by atoms with van der Waals surface area (Å²) >= 11 is 0. The van der Waals surface area contributed by atoms with Crippen LogP contribution in [0.25, 0.3) is 0 Å². The molecule has 1 saturated carbocycles. The fourth-order valence-corrected chi connectivity index (χ4v) is 1.79. The zero-order valence-electron chi connectivity index (χ0n) is 7.13. The maximum absolute atomic E-state index is 8.51. The minimum atomic E-state index is 0.201. The second-order valence-corrected chi connectivity index (χ2v) is 3.39. The average Bonchev–Trinajstić information content (AvgIpc) is 2.07. The highest BCUT2D eigenvalue weighted by Gasteiger charge is 2.10. The third-order valence-electron chi connectivity index (χ3n) is 2.47. The first kappa shape index (κ1) is 8.79. The van der Waals surface area contributed by atoms with E-state index in [1.165, 1.54) is 38.5 Å². The average molecular weight is 154 g/mol. The molecule has 1 rings (SSSR count). The van der Waals surface area contributed by atoms with Crippen LogP contribution in [0, 0.1) is 5.92 Å². The Morgan fingerprint density at radius 1 is 1.09 bits per heavy atom. The van der Waals surface area contributed by atoms with Gasteiger partial charge in [-0.05, 0) is 12.3 Å². The smallest absolute Gasteiger partial charge is 0.0612 e. The lowest BCUT2D eigenvalue weighted by Gasteiger charge is -2.19. The molecule has 0 saturated heterocycles. The summed E-state index contributed by atoms with van der Waals surface area (Å²) in [7, 11) is 0. The maximum atomic E-state index is 8.51. The molecule has 1 aliphatic carbocycles. The molecule has 0 aromatic rings. The van der Waals surface area contributed by atoms with Crippen molar-refractivity contribution in [2.75, 3.05) is 6.61 Å². The van der Waals surface area contributed by atoms with Gasteiger partial charge < -0.3 is 5.11 Å². The van der Waals surface area contributed by atoms with Crippen molar-refractivity contribution in [3.8, 4) is 0 Å². The monoisotopic (exact) mass is 154 g/mol. The molecule has 1 N–H and O–H groups in total. The molecule has 1 heteroatoms. The van der Waals surface area contributed by atoms with Gasteiger partial charge in [-0.2, -0.15) is 0 Å². The van der Waals surface area contributed by atoms with Crippen LogP contribution in [0.15, 0.2) is 12.2 Å². The number of hydrogen-bond donors (Lipinski definition) is 1. The first-order valence-corrected chi connectivity index (χ1v) is 4.69. The van der Waals surface area contributed by atoms with Crippen LogP contribution in [0.3, 0.4) is 0 Å². The molecule has 0 aromatic heterocycles. The quantitative estimate of drug-likeness (QED) is 0.619. The highest BCUT2D eigenvalue weighted by Crippen LogP contribution is 2.26. The van der Waals surface area contributed by atoms with E-state index in [1.807, 2.05) is 6.08 Å². The Hall–Kier alpha value is -0.300. The molecule has 0 atom stereocenters. The number of allylic oxidation sites excluding steroid dienone is 1. The fraction of sp³-hybridized carbons (Fsp3) is 0.800. The topological polar surface area (TPSA) is 20.2 Å². The third kappa shape index (κ3) is 3.57. The Balaban J connectivity index is 2.09. The van der Waals surface area contributed by atoms with Crippen LogP contribution in [0.4, 0.5) is 0 Å². The first-order chi connectivity index (χ1) is 5.43. The Morgan fingerprint density at radius 2 is 1.82 bits per heavy atom. The zero-order chi connectivity index (χ0) is 7.94. The van der Waals surface area contributed by atoms with E-state index in [0.29, 0.717) is 0 Å². The van der Waals surface area contributed by atoms with Crippen molar-refractivity contribution in [2.24, 2.45) is 5.92 Å². The molecule has 64 valence electrons. The summed E-state index contributed by atoms with van der Waals surface area (Å²) in [6.07, 6.45) is 12.2. The Labute approximate surface area is 69.1 Å². The second-order valence-electron chi connectivity index (χ2n) is 3.39. The number of aliphatic hydroxyl groups excluding tert-OH is 1. The van der Waals surface area contributed by atoms with E-state index in [1.54, 1.807) is 0 Å². The predicted octanol–water partition coefficient (Wildman–Crippen LogP) is 2.51.